The number of fused-ring (bicyclic) bond motifs is 2. The molecule has 40 heavy (non-hydrogen) atoms. The first kappa shape index (κ1) is 34.0. The quantitative estimate of drug-likeness (QED) is 0.218. The fraction of sp³-hybridized carbons (Fsp3) is 0.167. The van der Waals surface area contributed by atoms with Gasteiger partial charge >= 0.3 is 41.6 Å². The molecule has 0 amide bonds. The van der Waals surface area contributed by atoms with Crippen LogP contribution in [0.3, 0.4) is 0 Å². The van der Waals surface area contributed by atoms with Crippen LogP contribution in [-0.4, -0.2) is 5.49 Å². The molecule has 0 N–H and O–H groups in total. The van der Waals surface area contributed by atoms with E-state index in [-0.39, 0.29) is 30.3 Å². The van der Waals surface area contributed by atoms with Crippen molar-refractivity contribution >= 4 is 17.6 Å². The molecule has 2 unspecified atom stereocenters. The molecule has 0 saturated heterocycles. The summed E-state index contributed by atoms with van der Waals surface area (Å²) in [6.45, 7) is 8.98. The van der Waals surface area contributed by atoms with Gasteiger partial charge in [-0.15, -0.1) is 47.6 Å². The molecule has 0 aromatic heterocycles. The first-order valence-corrected chi connectivity index (χ1v) is 21.2. The topological polar surface area (TPSA) is 0 Å². The molecule has 0 fully saturated rings. The maximum absolute atomic E-state index is 2.33. The molecule has 0 heterocycles. The van der Waals surface area contributed by atoms with E-state index in [0.29, 0.717) is 11.8 Å². The number of halogens is 2. The molecule has 4 aromatic carbocycles. The van der Waals surface area contributed by atoms with Gasteiger partial charge in [0.15, 0.2) is 0 Å². The van der Waals surface area contributed by atoms with Crippen LogP contribution in [0.15, 0.2) is 121 Å². The molecule has 0 nitrogen and oxygen atoms in total. The van der Waals surface area contributed by atoms with E-state index >= 15 is 0 Å². The van der Waals surface area contributed by atoms with Gasteiger partial charge in [-0.05, 0) is 23.0 Å². The van der Waals surface area contributed by atoms with E-state index < -0.39 is 0 Å². The van der Waals surface area contributed by atoms with E-state index in [1.54, 1.807) is 0 Å². The van der Waals surface area contributed by atoms with Crippen molar-refractivity contribution in [2.45, 2.75) is 38.8 Å². The van der Waals surface area contributed by atoms with Crippen molar-refractivity contribution in [1.29, 1.82) is 0 Å². The Balaban J connectivity index is 0.000000237. The maximum Gasteiger partial charge on any atom is -0.0144 e. The Kier molecular flexibility index (Phi) is 14.3. The third kappa shape index (κ3) is 9.41. The Morgan fingerprint density at radius 1 is 0.600 bits per heavy atom. The van der Waals surface area contributed by atoms with Crippen LogP contribution in [0.5, 0.6) is 0 Å². The summed E-state index contributed by atoms with van der Waals surface area (Å²) in [5.74, 6) is 0.768. The van der Waals surface area contributed by atoms with Crippen molar-refractivity contribution < 1.29 is 47.8 Å². The Morgan fingerprint density at radius 2 is 0.950 bits per heavy atom. The molecule has 0 spiro atoms. The van der Waals surface area contributed by atoms with Crippen LogP contribution in [0.25, 0.3) is 12.2 Å². The Morgan fingerprint density at radius 3 is 1.30 bits per heavy atom. The zero-order valence-electron chi connectivity index (χ0n) is 23.6. The minimum atomic E-state index is 0. The average molecular weight is 746 g/mol. The molecule has 0 saturated carbocycles. The van der Waals surface area contributed by atoms with Crippen molar-refractivity contribution in [2.24, 2.45) is 0 Å². The van der Waals surface area contributed by atoms with Crippen molar-refractivity contribution in [3.8, 4) is 0 Å². The van der Waals surface area contributed by atoms with Crippen LogP contribution in [0, 0.1) is 13.8 Å². The molecule has 2 aliphatic carbocycles. The van der Waals surface area contributed by atoms with Gasteiger partial charge in [0, 0.05) is 0 Å². The van der Waals surface area contributed by atoms with Gasteiger partial charge in [-0.25, -0.2) is 0 Å². The van der Waals surface area contributed by atoms with Gasteiger partial charge in [-0.2, -0.15) is 34.4 Å². The standard InChI is InChI=1S/2C17H15.C2H6Si.2ClH.Hf/c2*1-13-11-15-9-5-6-10-16(17(15)12-13)14-7-3-2-4-8-14;1-3-2;;;/h2*2-12,16H,1H3;1-2H3;2*1H;/q2*-1;;;;+2/p-2. The normalized spacial score (nSPS) is 15.8. The van der Waals surface area contributed by atoms with E-state index in [2.05, 4.69) is 160 Å². The first-order valence-electron chi connectivity index (χ1n) is 13.3. The number of hydrogen-bond donors (Lipinski definition) is 0. The second kappa shape index (κ2) is 16.9. The summed E-state index contributed by atoms with van der Waals surface area (Å²) in [5.41, 5.74) is 11.2. The fourth-order valence-corrected chi connectivity index (χ4v) is 5.00. The second-order valence-electron chi connectivity index (χ2n) is 10.2. The van der Waals surface area contributed by atoms with Crippen molar-refractivity contribution in [3.05, 3.63) is 166 Å². The minimum absolute atomic E-state index is 0. The molecule has 4 aromatic rings. The molecule has 6 rings (SSSR count). The van der Waals surface area contributed by atoms with Crippen LogP contribution >= 0.6 is 0 Å². The number of rotatable bonds is 2. The summed E-state index contributed by atoms with van der Waals surface area (Å²) in [6, 6.07) is 30.5. The van der Waals surface area contributed by atoms with E-state index in [4.69, 9.17) is 0 Å². The average Bonchev–Trinajstić information content (AvgIpc) is 3.31. The first-order chi connectivity index (χ1) is 18.4. The molecule has 204 valence electrons. The Labute approximate surface area is 268 Å². The molecule has 0 radical (unpaired) electrons. The van der Waals surface area contributed by atoms with Crippen LogP contribution in [-0.2, 0) is 23.0 Å². The SMILES string of the molecule is C[Si](C)=[Hf+2].Cc1cc2c([cH-]1)C=CC=CC2c1ccccc1.Cc1cc2c([cH-]1)C=CC=CC2c1ccccc1.[Cl-].[Cl-]. The summed E-state index contributed by atoms with van der Waals surface area (Å²) in [5, 5.41) is 0. The van der Waals surface area contributed by atoms with Crippen molar-refractivity contribution in [2.75, 3.05) is 0 Å². The van der Waals surface area contributed by atoms with Gasteiger partial charge < -0.3 is 24.8 Å². The number of allylic oxidation sites excluding steroid dienone is 6. The molecule has 4 heteroatoms. The molecule has 2 atom stereocenters. The zero-order valence-corrected chi connectivity index (χ0v) is 29.7. The summed E-state index contributed by atoms with van der Waals surface area (Å²) >= 11 is 1.45. The molecular formula is C36H36Cl2HfSi-2. The Bertz CT molecular complexity index is 1360. The van der Waals surface area contributed by atoms with Gasteiger partial charge in [0.2, 0.25) is 0 Å². The van der Waals surface area contributed by atoms with E-state index in [1.807, 2.05) is 0 Å². The van der Waals surface area contributed by atoms with Crippen LogP contribution < -0.4 is 24.8 Å². The summed E-state index contributed by atoms with van der Waals surface area (Å²) in [4.78, 5) is 0. The van der Waals surface area contributed by atoms with Gasteiger partial charge in [0.05, 0.1) is 0 Å². The third-order valence-corrected chi connectivity index (χ3v) is 6.57. The molecule has 0 bridgehead atoms. The largest absolute Gasteiger partial charge is 1.00 e. The van der Waals surface area contributed by atoms with Crippen molar-refractivity contribution in [1.82, 2.24) is 0 Å². The van der Waals surface area contributed by atoms with E-state index in [0.717, 1.165) is 0 Å². The summed E-state index contributed by atoms with van der Waals surface area (Å²) in [6.07, 6.45) is 17.5. The maximum atomic E-state index is 2.33. The number of benzene rings is 2. The van der Waals surface area contributed by atoms with Crippen molar-refractivity contribution in [3.63, 3.8) is 0 Å². The fourth-order valence-electron chi connectivity index (χ4n) is 5.00. The predicted molar refractivity (Wildman–Crippen MR) is 164 cm³/mol. The zero-order chi connectivity index (χ0) is 26.9. The van der Waals surface area contributed by atoms with E-state index in [9.17, 15) is 0 Å². The number of hydrogen-bond acceptors (Lipinski definition) is 0. The van der Waals surface area contributed by atoms with Crippen LogP contribution in [0.2, 0.25) is 13.1 Å². The van der Waals surface area contributed by atoms with Crippen LogP contribution in [0.4, 0.5) is 0 Å². The smallest absolute Gasteiger partial charge is 0.0144 e. The van der Waals surface area contributed by atoms with Gasteiger partial charge in [-0.1, -0.05) is 98.8 Å². The predicted octanol–water partition coefficient (Wildman–Crippen LogP) is 3.65. The van der Waals surface area contributed by atoms with Crippen LogP contribution in [0.1, 0.15) is 56.3 Å². The Hall–Kier alpha value is -2.23. The summed E-state index contributed by atoms with van der Waals surface area (Å²) < 4.78 is 0. The summed E-state index contributed by atoms with van der Waals surface area (Å²) in [7, 11) is 0. The van der Waals surface area contributed by atoms with Gasteiger partial charge in [-0.3, -0.25) is 0 Å². The minimum Gasteiger partial charge on any atom is -1.00 e. The second-order valence-corrected chi connectivity index (χ2v) is 22.9. The van der Waals surface area contributed by atoms with E-state index in [1.165, 1.54) is 67.5 Å². The van der Waals surface area contributed by atoms with Gasteiger partial charge in [0.1, 0.15) is 0 Å². The number of aryl methyl sites for hydroxylation is 2. The third-order valence-electron chi connectivity index (χ3n) is 6.57. The molecule has 2 aliphatic rings. The monoisotopic (exact) mass is 746 g/mol. The molecule has 0 aliphatic heterocycles. The van der Waals surface area contributed by atoms with Gasteiger partial charge in [0.25, 0.3) is 0 Å². The molecular weight excluding hydrogens is 710 g/mol.